The van der Waals surface area contributed by atoms with Gasteiger partial charge >= 0.3 is 0 Å². The van der Waals surface area contributed by atoms with Crippen molar-refractivity contribution in [3.8, 4) is 0 Å². The first-order valence-corrected chi connectivity index (χ1v) is 7.22. The molecule has 2 amide bonds. The van der Waals surface area contributed by atoms with Crippen LogP contribution in [0, 0.1) is 5.41 Å². The quantitative estimate of drug-likeness (QED) is 0.669. The topological polar surface area (TPSA) is 63.4 Å². The number of carbonyl (C=O) groups excluding carboxylic acids is 2. The molecule has 2 fully saturated rings. The maximum atomic E-state index is 12.7. The van der Waals surface area contributed by atoms with Gasteiger partial charge in [0.1, 0.15) is 4.99 Å². The highest BCUT2D eigenvalue weighted by atomic mass is 32.1. The first-order valence-electron chi connectivity index (χ1n) is 6.81. The molecule has 1 aliphatic carbocycles. The van der Waals surface area contributed by atoms with Crippen LogP contribution in [0.1, 0.15) is 37.7 Å². The summed E-state index contributed by atoms with van der Waals surface area (Å²) in [7, 11) is 0. The number of nitrogens with two attached hydrogens (primary N) is 1. The normalized spacial score (nSPS) is 20.9. The number of anilines is 1. The molecule has 3 rings (SSSR count). The summed E-state index contributed by atoms with van der Waals surface area (Å²) in [5.74, 6) is -0.169. The largest absolute Gasteiger partial charge is 0.389 e. The summed E-state index contributed by atoms with van der Waals surface area (Å²) in [4.78, 5) is 26.5. The molecule has 0 atom stereocenters. The monoisotopic (exact) mass is 288 g/mol. The number of rotatable bonds is 2. The molecule has 2 aliphatic rings. The van der Waals surface area contributed by atoms with Crippen molar-refractivity contribution in [2.24, 2.45) is 11.1 Å². The predicted molar refractivity (Wildman–Crippen MR) is 80.3 cm³/mol. The second-order valence-corrected chi connectivity index (χ2v) is 6.05. The molecular formula is C15H16N2O2S. The summed E-state index contributed by atoms with van der Waals surface area (Å²) in [6.07, 6.45) is 4.04. The Morgan fingerprint density at radius 1 is 1.25 bits per heavy atom. The lowest BCUT2D eigenvalue weighted by molar-refractivity contribution is -0.125. The van der Waals surface area contributed by atoms with Crippen molar-refractivity contribution in [1.29, 1.82) is 0 Å². The van der Waals surface area contributed by atoms with Crippen molar-refractivity contribution in [2.75, 3.05) is 4.90 Å². The van der Waals surface area contributed by atoms with E-state index >= 15 is 0 Å². The van der Waals surface area contributed by atoms with E-state index in [-0.39, 0.29) is 16.8 Å². The molecule has 1 saturated carbocycles. The van der Waals surface area contributed by atoms with E-state index < -0.39 is 5.41 Å². The van der Waals surface area contributed by atoms with Gasteiger partial charge in [-0.05, 0) is 25.0 Å². The maximum absolute atomic E-state index is 12.7. The van der Waals surface area contributed by atoms with Gasteiger partial charge in [-0.15, -0.1) is 0 Å². The van der Waals surface area contributed by atoms with Crippen molar-refractivity contribution in [3.63, 3.8) is 0 Å². The third-order valence-electron chi connectivity index (χ3n) is 4.35. The van der Waals surface area contributed by atoms with E-state index in [4.69, 9.17) is 18.0 Å². The highest BCUT2D eigenvalue weighted by Crippen LogP contribution is 2.47. The third-order valence-corrected chi connectivity index (χ3v) is 4.58. The Hall–Kier alpha value is -1.75. The summed E-state index contributed by atoms with van der Waals surface area (Å²) in [6.45, 7) is 0. The first-order chi connectivity index (χ1) is 9.53. The van der Waals surface area contributed by atoms with Crippen LogP contribution in [-0.4, -0.2) is 16.8 Å². The zero-order valence-corrected chi connectivity index (χ0v) is 11.9. The number of hydrogen-bond acceptors (Lipinski definition) is 3. The minimum absolute atomic E-state index is 0.0555. The van der Waals surface area contributed by atoms with Gasteiger partial charge in [-0.1, -0.05) is 37.2 Å². The molecule has 1 aromatic carbocycles. The molecule has 1 aliphatic heterocycles. The van der Waals surface area contributed by atoms with Crippen LogP contribution in [0.15, 0.2) is 24.3 Å². The van der Waals surface area contributed by atoms with Gasteiger partial charge < -0.3 is 5.73 Å². The van der Waals surface area contributed by atoms with E-state index in [9.17, 15) is 9.59 Å². The first kappa shape index (κ1) is 13.2. The van der Waals surface area contributed by atoms with Gasteiger partial charge in [0.05, 0.1) is 11.1 Å². The van der Waals surface area contributed by atoms with E-state index in [1.54, 1.807) is 24.3 Å². The Morgan fingerprint density at radius 3 is 2.60 bits per heavy atom. The third kappa shape index (κ3) is 1.93. The molecule has 1 heterocycles. The maximum Gasteiger partial charge on any atom is 0.240 e. The molecule has 1 spiro atoms. The van der Waals surface area contributed by atoms with Crippen LogP contribution in [0.3, 0.4) is 0 Å². The lowest BCUT2D eigenvalue weighted by atomic mass is 9.84. The number of benzene rings is 1. The summed E-state index contributed by atoms with van der Waals surface area (Å²) in [5, 5.41) is 0. The van der Waals surface area contributed by atoms with Crippen molar-refractivity contribution in [1.82, 2.24) is 0 Å². The summed E-state index contributed by atoms with van der Waals surface area (Å²) >= 11 is 4.95. The summed E-state index contributed by atoms with van der Waals surface area (Å²) in [6, 6.07) is 7.02. The fourth-order valence-corrected chi connectivity index (χ4v) is 3.42. The molecule has 5 heteroatoms. The number of thiocarbonyl (C=S) groups is 1. The Bertz CT molecular complexity index is 606. The van der Waals surface area contributed by atoms with Crippen LogP contribution in [-0.2, 0) is 9.59 Å². The zero-order chi connectivity index (χ0) is 14.3. The molecule has 2 N–H and O–H groups in total. The van der Waals surface area contributed by atoms with Gasteiger partial charge in [0, 0.05) is 12.0 Å². The second-order valence-electron chi connectivity index (χ2n) is 5.61. The molecule has 0 bridgehead atoms. The molecule has 1 saturated heterocycles. The van der Waals surface area contributed by atoms with Crippen molar-refractivity contribution in [2.45, 2.75) is 32.1 Å². The van der Waals surface area contributed by atoms with Gasteiger partial charge in [-0.2, -0.15) is 0 Å². The smallest absolute Gasteiger partial charge is 0.240 e. The van der Waals surface area contributed by atoms with Gasteiger partial charge in [-0.25, -0.2) is 0 Å². The molecule has 0 radical (unpaired) electrons. The van der Waals surface area contributed by atoms with Crippen molar-refractivity contribution < 1.29 is 9.59 Å². The fraction of sp³-hybridized carbons (Fsp3) is 0.400. The molecule has 1 aromatic rings. The van der Waals surface area contributed by atoms with Crippen LogP contribution in [0.2, 0.25) is 0 Å². The van der Waals surface area contributed by atoms with Gasteiger partial charge in [0.25, 0.3) is 0 Å². The molecule has 4 nitrogen and oxygen atoms in total. The highest BCUT2D eigenvalue weighted by molar-refractivity contribution is 7.80. The van der Waals surface area contributed by atoms with Crippen molar-refractivity contribution in [3.05, 3.63) is 29.8 Å². The number of hydrogen-bond donors (Lipinski definition) is 1. The van der Waals surface area contributed by atoms with Crippen LogP contribution in [0.4, 0.5) is 5.69 Å². The van der Waals surface area contributed by atoms with E-state index in [0.717, 1.165) is 25.7 Å². The lowest BCUT2D eigenvalue weighted by Gasteiger charge is -2.21. The fourth-order valence-electron chi connectivity index (χ4n) is 3.30. The van der Waals surface area contributed by atoms with Crippen LogP contribution >= 0.6 is 12.2 Å². The molecule has 20 heavy (non-hydrogen) atoms. The Kier molecular flexibility index (Phi) is 3.09. The van der Waals surface area contributed by atoms with E-state index in [0.29, 0.717) is 17.7 Å². The standard InChI is InChI=1S/C15H16N2O2S/c16-13(20)10-4-3-5-11(8-10)17-12(18)9-15(14(17)19)6-1-2-7-15/h3-5,8H,1-2,6-7,9H2,(H2,16,20). The van der Waals surface area contributed by atoms with E-state index in [1.165, 1.54) is 4.90 Å². The predicted octanol–water partition coefficient (Wildman–Crippen LogP) is 2.14. The van der Waals surface area contributed by atoms with Crippen molar-refractivity contribution >= 4 is 34.7 Å². The number of carbonyl (C=O) groups is 2. The zero-order valence-electron chi connectivity index (χ0n) is 11.1. The Balaban J connectivity index is 1.98. The van der Waals surface area contributed by atoms with E-state index in [1.807, 2.05) is 0 Å². The minimum atomic E-state index is -0.448. The minimum Gasteiger partial charge on any atom is -0.389 e. The van der Waals surface area contributed by atoms with Gasteiger partial charge in [0.15, 0.2) is 0 Å². The average molecular weight is 288 g/mol. The molecule has 0 unspecified atom stereocenters. The summed E-state index contributed by atoms with van der Waals surface area (Å²) in [5.41, 5.74) is 6.41. The van der Waals surface area contributed by atoms with Crippen LogP contribution < -0.4 is 10.6 Å². The molecule has 0 aromatic heterocycles. The lowest BCUT2D eigenvalue weighted by Crippen LogP contribution is -2.34. The Morgan fingerprint density at radius 2 is 1.95 bits per heavy atom. The van der Waals surface area contributed by atoms with Crippen LogP contribution in [0.25, 0.3) is 0 Å². The number of nitrogens with zero attached hydrogens (tertiary/aromatic N) is 1. The highest BCUT2D eigenvalue weighted by Gasteiger charge is 2.53. The van der Waals surface area contributed by atoms with Crippen LogP contribution in [0.5, 0.6) is 0 Å². The second kappa shape index (κ2) is 4.66. The molecular weight excluding hydrogens is 272 g/mol. The average Bonchev–Trinajstić information content (AvgIpc) is 2.97. The van der Waals surface area contributed by atoms with Gasteiger partial charge in [0.2, 0.25) is 11.8 Å². The SMILES string of the molecule is NC(=S)c1cccc(N2C(=O)CC3(CCCC3)C2=O)c1. The van der Waals surface area contributed by atoms with E-state index in [2.05, 4.69) is 0 Å². The Labute approximate surface area is 122 Å². The number of imide groups is 1. The number of amides is 2. The summed E-state index contributed by atoms with van der Waals surface area (Å²) < 4.78 is 0. The molecule has 104 valence electrons. The van der Waals surface area contributed by atoms with Gasteiger partial charge in [-0.3, -0.25) is 14.5 Å².